The standard InChI is InChI=1S/C30H37FO/c1-3-5-7-22-8-9-27-20-26(15-14-25(27)19-22)23-10-12-24(13-11-23)28-16-17-30(29(31)21-28)32-18-6-4-2/h3-4,6,10-13,16-17,21-22,25-27H,1,5,7-9,14-15,18-20H2,2H3/b6-4+. The second kappa shape index (κ2) is 11.0. The SMILES string of the molecule is C=CCCC1CCC2CC(c3ccc(-c4ccc(OC/C=C/C)c(F)c4)cc3)CCC2C1. The maximum atomic E-state index is 14.4. The highest BCUT2D eigenvalue weighted by Gasteiger charge is 2.35. The summed E-state index contributed by atoms with van der Waals surface area (Å²) >= 11 is 0. The summed E-state index contributed by atoms with van der Waals surface area (Å²) in [5.41, 5.74) is 3.41. The fourth-order valence-electron chi connectivity index (χ4n) is 5.88. The van der Waals surface area contributed by atoms with Gasteiger partial charge in [-0.05, 0) is 104 Å². The summed E-state index contributed by atoms with van der Waals surface area (Å²) in [5.74, 6) is 3.43. The van der Waals surface area contributed by atoms with Gasteiger partial charge in [-0.25, -0.2) is 4.39 Å². The Balaban J connectivity index is 1.36. The zero-order chi connectivity index (χ0) is 22.3. The minimum Gasteiger partial charge on any atom is -0.486 e. The molecule has 32 heavy (non-hydrogen) atoms. The monoisotopic (exact) mass is 432 g/mol. The highest BCUT2D eigenvalue weighted by Crippen LogP contribution is 2.48. The Labute approximate surface area is 193 Å². The van der Waals surface area contributed by atoms with Gasteiger partial charge in [0.05, 0.1) is 0 Å². The summed E-state index contributed by atoms with van der Waals surface area (Å²) < 4.78 is 19.9. The van der Waals surface area contributed by atoms with E-state index in [4.69, 9.17) is 4.74 Å². The first-order valence-electron chi connectivity index (χ1n) is 12.4. The molecule has 2 aliphatic carbocycles. The van der Waals surface area contributed by atoms with E-state index < -0.39 is 0 Å². The van der Waals surface area contributed by atoms with E-state index in [2.05, 4.69) is 36.9 Å². The van der Waals surface area contributed by atoms with Gasteiger partial charge in [0, 0.05) is 0 Å². The highest BCUT2D eigenvalue weighted by atomic mass is 19.1. The van der Waals surface area contributed by atoms with Crippen LogP contribution in [0.3, 0.4) is 0 Å². The van der Waals surface area contributed by atoms with Crippen molar-refractivity contribution in [3.05, 3.63) is 78.7 Å². The van der Waals surface area contributed by atoms with Gasteiger partial charge in [-0.1, -0.05) is 55.0 Å². The van der Waals surface area contributed by atoms with Crippen LogP contribution < -0.4 is 4.74 Å². The van der Waals surface area contributed by atoms with E-state index in [1.165, 1.54) is 56.9 Å². The Bertz CT molecular complexity index is 913. The molecule has 0 bridgehead atoms. The van der Waals surface area contributed by atoms with E-state index in [1.54, 1.807) is 12.1 Å². The number of allylic oxidation sites excluding steroid dienone is 2. The number of rotatable bonds is 8. The Morgan fingerprint density at radius 1 is 0.969 bits per heavy atom. The molecule has 2 saturated carbocycles. The van der Waals surface area contributed by atoms with Crippen LogP contribution in [0.2, 0.25) is 0 Å². The predicted molar refractivity (Wildman–Crippen MR) is 132 cm³/mol. The Morgan fingerprint density at radius 3 is 2.47 bits per heavy atom. The topological polar surface area (TPSA) is 9.23 Å². The van der Waals surface area contributed by atoms with Crippen LogP contribution in [0, 0.1) is 23.6 Å². The summed E-state index contributed by atoms with van der Waals surface area (Å²) in [5, 5.41) is 0. The van der Waals surface area contributed by atoms with Gasteiger partial charge in [0.25, 0.3) is 0 Å². The van der Waals surface area contributed by atoms with Crippen LogP contribution in [0.1, 0.15) is 69.8 Å². The van der Waals surface area contributed by atoms with Crippen molar-refractivity contribution < 1.29 is 9.13 Å². The summed E-state index contributed by atoms with van der Waals surface area (Å²) in [6, 6.07) is 14.1. The van der Waals surface area contributed by atoms with Gasteiger partial charge in [0.2, 0.25) is 0 Å². The van der Waals surface area contributed by atoms with Crippen molar-refractivity contribution >= 4 is 0 Å². The van der Waals surface area contributed by atoms with Crippen LogP contribution in [0.5, 0.6) is 5.75 Å². The lowest BCUT2D eigenvalue weighted by Gasteiger charge is -2.42. The summed E-state index contributed by atoms with van der Waals surface area (Å²) in [6.45, 7) is 6.20. The maximum Gasteiger partial charge on any atom is 0.165 e. The summed E-state index contributed by atoms with van der Waals surface area (Å²) in [4.78, 5) is 0. The number of halogens is 1. The number of hydrogen-bond acceptors (Lipinski definition) is 1. The van der Waals surface area contributed by atoms with Crippen molar-refractivity contribution in [3.63, 3.8) is 0 Å². The van der Waals surface area contributed by atoms with Crippen molar-refractivity contribution in [2.75, 3.05) is 6.61 Å². The summed E-state index contributed by atoms with van der Waals surface area (Å²) in [7, 11) is 0. The number of ether oxygens (including phenoxy) is 1. The molecule has 0 amide bonds. The predicted octanol–water partition coefficient (Wildman–Crippen LogP) is 8.71. The van der Waals surface area contributed by atoms with Crippen LogP contribution in [0.25, 0.3) is 11.1 Å². The zero-order valence-electron chi connectivity index (χ0n) is 19.4. The highest BCUT2D eigenvalue weighted by molar-refractivity contribution is 5.64. The van der Waals surface area contributed by atoms with E-state index >= 15 is 0 Å². The fraction of sp³-hybridized carbons (Fsp3) is 0.467. The van der Waals surface area contributed by atoms with Crippen molar-refractivity contribution in [2.45, 2.75) is 64.2 Å². The van der Waals surface area contributed by atoms with E-state index in [0.717, 1.165) is 28.9 Å². The molecule has 0 heterocycles. The van der Waals surface area contributed by atoms with Gasteiger partial charge >= 0.3 is 0 Å². The molecule has 4 unspecified atom stereocenters. The van der Waals surface area contributed by atoms with Crippen molar-refractivity contribution in [2.24, 2.45) is 17.8 Å². The Morgan fingerprint density at radius 2 is 1.72 bits per heavy atom. The molecule has 0 radical (unpaired) electrons. The van der Waals surface area contributed by atoms with Gasteiger partial charge in [-0.2, -0.15) is 0 Å². The van der Waals surface area contributed by atoms with Crippen LogP contribution in [0.4, 0.5) is 4.39 Å². The molecule has 4 atom stereocenters. The molecular weight excluding hydrogens is 395 g/mol. The average molecular weight is 433 g/mol. The third-order valence-corrected chi connectivity index (χ3v) is 7.72. The van der Waals surface area contributed by atoms with E-state index in [9.17, 15) is 4.39 Å². The van der Waals surface area contributed by atoms with Crippen LogP contribution in [-0.2, 0) is 0 Å². The first-order chi connectivity index (χ1) is 15.7. The van der Waals surface area contributed by atoms with E-state index in [0.29, 0.717) is 18.3 Å². The number of benzene rings is 2. The number of fused-ring (bicyclic) bond motifs is 1. The first kappa shape index (κ1) is 22.8. The second-order valence-corrected chi connectivity index (χ2v) is 9.72. The lowest BCUT2D eigenvalue weighted by molar-refractivity contribution is 0.115. The molecule has 4 rings (SSSR count). The third kappa shape index (κ3) is 5.52. The lowest BCUT2D eigenvalue weighted by Crippen LogP contribution is -2.30. The molecule has 2 fully saturated rings. The first-order valence-corrected chi connectivity index (χ1v) is 12.4. The summed E-state index contributed by atoms with van der Waals surface area (Å²) in [6.07, 6.45) is 16.6. The second-order valence-electron chi connectivity index (χ2n) is 9.72. The average Bonchev–Trinajstić information content (AvgIpc) is 2.83. The van der Waals surface area contributed by atoms with Crippen molar-refractivity contribution in [1.29, 1.82) is 0 Å². The van der Waals surface area contributed by atoms with Gasteiger partial charge in [-0.3, -0.25) is 0 Å². The Hall–Kier alpha value is -2.35. The molecule has 0 spiro atoms. The third-order valence-electron chi connectivity index (χ3n) is 7.72. The Kier molecular flexibility index (Phi) is 7.84. The molecule has 0 aromatic heterocycles. The minimum atomic E-state index is -0.307. The minimum absolute atomic E-state index is 0.305. The lowest BCUT2D eigenvalue weighted by atomic mass is 9.63. The van der Waals surface area contributed by atoms with Crippen molar-refractivity contribution in [3.8, 4) is 16.9 Å². The molecule has 0 saturated heterocycles. The zero-order valence-corrected chi connectivity index (χ0v) is 19.4. The fourth-order valence-corrected chi connectivity index (χ4v) is 5.88. The van der Waals surface area contributed by atoms with Gasteiger partial charge in [0.15, 0.2) is 11.6 Å². The molecule has 0 aliphatic heterocycles. The maximum absolute atomic E-state index is 14.4. The molecular formula is C30H37FO. The normalized spacial score (nSPS) is 25.4. The van der Waals surface area contributed by atoms with Crippen LogP contribution in [0.15, 0.2) is 67.3 Å². The molecule has 0 N–H and O–H groups in total. The molecule has 2 aromatic carbocycles. The quantitative estimate of drug-likeness (QED) is 0.379. The van der Waals surface area contributed by atoms with Gasteiger partial charge in [0.1, 0.15) is 6.61 Å². The molecule has 170 valence electrons. The largest absolute Gasteiger partial charge is 0.486 e. The van der Waals surface area contributed by atoms with Crippen molar-refractivity contribution in [1.82, 2.24) is 0 Å². The van der Waals surface area contributed by atoms with Crippen LogP contribution >= 0.6 is 0 Å². The molecule has 2 aromatic rings. The smallest absolute Gasteiger partial charge is 0.165 e. The molecule has 2 aliphatic rings. The van der Waals surface area contributed by atoms with Crippen LogP contribution in [-0.4, -0.2) is 6.61 Å². The van der Waals surface area contributed by atoms with Gasteiger partial charge < -0.3 is 4.74 Å². The molecule has 1 nitrogen and oxygen atoms in total. The number of hydrogen-bond donors (Lipinski definition) is 0. The van der Waals surface area contributed by atoms with E-state index in [-0.39, 0.29) is 5.82 Å². The molecule has 2 heteroatoms. The van der Waals surface area contributed by atoms with Gasteiger partial charge in [-0.15, -0.1) is 6.58 Å². The van der Waals surface area contributed by atoms with E-state index in [1.807, 2.05) is 25.1 Å².